The zero-order valence-corrected chi connectivity index (χ0v) is 8.78. The lowest BCUT2D eigenvalue weighted by Gasteiger charge is -2.14. The van der Waals surface area contributed by atoms with Crippen LogP contribution in [0, 0.1) is 0 Å². The van der Waals surface area contributed by atoms with Gasteiger partial charge >= 0.3 is 0 Å². The monoisotopic (exact) mass is 204 g/mol. The maximum atomic E-state index is 8.97. The van der Waals surface area contributed by atoms with Crippen molar-refractivity contribution in [2.45, 2.75) is 32.0 Å². The van der Waals surface area contributed by atoms with E-state index in [0.717, 1.165) is 19.4 Å². The van der Waals surface area contributed by atoms with Crippen LogP contribution in [0.15, 0.2) is 0 Å². The summed E-state index contributed by atoms with van der Waals surface area (Å²) in [5.74, 6) is 0. The van der Waals surface area contributed by atoms with Gasteiger partial charge < -0.3 is 19.3 Å². The molecule has 0 aromatic carbocycles. The summed E-state index contributed by atoms with van der Waals surface area (Å²) in [4.78, 5) is 0. The van der Waals surface area contributed by atoms with Gasteiger partial charge in [-0.05, 0) is 6.42 Å². The number of hydrogen-bond acceptors (Lipinski definition) is 4. The number of aliphatic hydroxyl groups is 1. The normalized spacial score (nSPS) is 22.3. The fraction of sp³-hybridized carbons (Fsp3) is 1.00. The van der Waals surface area contributed by atoms with Gasteiger partial charge in [-0.2, -0.15) is 0 Å². The molecule has 1 saturated heterocycles. The molecule has 0 bridgehead atoms. The quantitative estimate of drug-likeness (QED) is 0.441. The highest BCUT2D eigenvalue weighted by Crippen LogP contribution is 2.08. The number of hydrogen-bond donors (Lipinski definition) is 1. The Morgan fingerprint density at radius 1 is 1.57 bits per heavy atom. The second-order valence-corrected chi connectivity index (χ2v) is 3.52. The second kappa shape index (κ2) is 7.17. The lowest BCUT2D eigenvalue weighted by molar-refractivity contribution is -0.0450. The molecule has 1 aliphatic rings. The smallest absolute Gasteiger partial charge is 0.104 e. The summed E-state index contributed by atoms with van der Waals surface area (Å²) in [5.41, 5.74) is 0. The summed E-state index contributed by atoms with van der Waals surface area (Å²) >= 11 is 0. The SMILES string of the molecule is CCCCOC(CO)COCC1CO1. The van der Waals surface area contributed by atoms with Crippen LogP contribution in [-0.4, -0.2) is 50.3 Å². The molecular formula is C10H20O4. The van der Waals surface area contributed by atoms with Crippen molar-refractivity contribution >= 4 is 0 Å². The first-order valence-electron chi connectivity index (χ1n) is 5.28. The highest BCUT2D eigenvalue weighted by Gasteiger charge is 2.22. The zero-order valence-electron chi connectivity index (χ0n) is 8.78. The predicted molar refractivity (Wildman–Crippen MR) is 52.3 cm³/mol. The molecule has 1 rings (SSSR count). The summed E-state index contributed by atoms with van der Waals surface area (Å²) in [5, 5.41) is 8.97. The van der Waals surface area contributed by atoms with Crippen molar-refractivity contribution in [2.24, 2.45) is 0 Å². The molecule has 2 atom stereocenters. The minimum absolute atomic E-state index is 0.0231. The van der Waals surface area contributed by atoms with Gasteiger partial charge in [0.05, 0.1) is 26.4 Å². The third-order valence-electron chi connectivity index (χ3n) is 2.06. The largest absolute Gasteiger partial charge is 0.394 e. The molecule has 0 aliphatic carbocycles. The van der Waals surface area contributed by atoms with E-state index in [1.54, 1.807) is 0 Å². The molecule has 0 aromatic rings. The Labute approximate surface area is 85.2 Å². The van der Waals surface area contributed by atoms with Gasteiger partial charge in [0, 0.05) is 6.61 Å². The van der Waals surface area contributed by atoms with Gasteiger partial charge in [0.2, 0.25) is 0 Å². The maximum Gasteiger partial charge on any atom is 0.104 e. The molecule has 0 spiro atoms. The second-order valence-electron chi connectivity index (χ2n) is 3.52. The van der Waals surface area contributed by atoms with Crippen molar-refractivity contribution in [1.29, 1.82) is 0 Å². The molecule has 0 aromatic heterocycles. The first kappa shape index (κ1) is 11.9. The van der Waals surface area contributed by atoms with E-state index < -0.39 is 0 Å². The average molecular weight is 204 g/mol. The molecule has 1 heterocycles. The van der Waals surface area contributed by atoms with Crippen molar-refractivity contribution in [3.8, 4) is 0 Å². The van der Waals surface area contributed by atoms with Crippen LogP contribution in [0.25, 0.3) is 0 Å². The lowest BCUT2D eigenvalue weighted by atomic mass is 10.3. The molecule has 1 N–H and O–H groups in total. The Balaban J connectivity index is 1.92. The van der Waals surface area contributed by atoms with Crippen LogP contribution < -0.4 is 0 Å². The molecule has 2 unspecified atom stereocenters. The van der Waals surface area contributed by atoms with Gasteiger partial charge in [-0.1, -0.05) is 13.3 Å². The van der Waals surface area contributed by atoms with E-state index in [9.17, 15) is 0 Å². The summed E-state index contributed by atoms with van der Waals surface area (Å²) in [6.45, 7) is 4.71. The molecule has 14 heavy (non-hydrogen) atoms. The topological polar surface area (TPSA) is 51.2 Å². The van der Waals surface area contributed by atoms with Crippen LogP contribution in [0.4, 0.5) is 0 Å². The first-order valence-corrected chi connectivity index (χ1v) is 5.28. The number of rotatable bonds is 9. The maximum absolute atomic E-state index is 8.97. The van der Waals surface area contributed by atoms with E-state index in [0.29, 0.717) is 19.8 Å². The van der Waals surface area contributed by atoms with Crippen molar-refractivity contribution < 1.29 is 19.3 Å². The van der Waals surface area contributed by atoms with E-state index in [4.69, 9.17) is 19.3 Å². The Hall–Kier alpha value is -0.160. The number of ether oxygens (including phenoxy) is 3. The minimum atomic E-state index is -0.180. The minimum Gasteiger partial charge on any atom is -0.394 e. The molecule has 84 valence electrons. The summed E-state index contributed by atoms with van der Waals surface area (Å²) in [6, 6.07) is 0. The van der Waals surface area contributed by atoms with E-state index >= 15 is 0 Å². The summed E-state index contributed by atoms with van der Waals surface area (Å²) in [6.07, 6.45) is 2.24. The summed E-state index contributed by atoms with van der Waals surface area (Å²) in [7, 11) is 0. The fourth-order valence-electron chi connectivity index (χ4n) is 1.04. The van der Waals surface area contributed by atoms with Crippen molar-refractivity contribution in [3.05, 3.63) is 0 Å². The third kappa shape index (κ3) is 5.54. The first-order chi connectivity index (χ1) is 6.86. The van der Waals surface area contributed by atoms with Crippen LogP contribution in [0.3, 0.4) is 0 Å². The van der Waals surface area contributed by atoms with E-state index in [1.165, 1.54) is 0 Å². The van der Waals surface area contributed by atoms with Gasteiger partial charge in [-0.15, -0.1) is 0 Å². The van der Waals surface area contributed by atoms with Gasteiger partial charge in [0.15, 0.2) is 0 Å². The molecular weight excluding hydrogens is 184 g/mol. The number of aliphatic hydroxyl groups excluding tert-OH is 1. The lowest BCUT2D eigenvalue weighted by Crippen LogP contribution is -2.25. The van der Waals surface area contributed by atoms with Crippen LogP contribution in [-0.2, 0) is 14.2 Å². The molecule has 0 radical (unpaired) electrons. The van der Waals surface area contributed by atoms with Crippen LogP contribution >= 0.6 is 0 Å². The highest BCUT2D eigenvalue weighted by molar-refractivity contribution is 4.67. The van der Waals surface area contributed by atoms with Gasteiger partial charge in [0.1, 0.15) is 12.2 Å². The van der Waals surface area contributed by atoms with E-state index in [1.807, 2.05) is 0 Å². The average Bonchev–Trinajstić information content (AvgIpc) is 2.99. The van der Waals surface area contributed by atoms with E-state index in [-0.39, 0.29) is 18.8 Å². The molecule has 0 saturated carbocycles. The number of epoxide rings is 1. The fourth-order valence-corrected chi connectivity index (χ4v) is 1.04. The highest BCUT2D eigenvalue weighted by atomic mass is 16.6. The van der Waals surface area contributed by atoms with Crippen LogP contribution in [0.1, 0.15) is 19.8 Å². The molecule has 1 fully saturated rings. The van der Waals surface area contributed by atoms with Gasteiger partial charge in [-0.25, -0.2) is 0 Å². The van der Waals surface area contributed by atoms with Crippen LogP contribution in [0.5, 0.6) is 0 Å². The van der Waals surface area contributed by atoms with Crippen molar-refractivity contribution in [2.75, 3.05) is 33.0 Å². The molecule has 4 heteroatoms. The van der Waals surface area contributed by atoms with Gasteiger partial charge in [-0.3, -0.25) is 0 Å². The van der Waals surface area contributed by atoms with Crippen molar-refractivity contribution in [3.63, 3.8) is 0 Å². The summed E-state index contributed by atoms with van der Waals surface area (Å²) < 4.78 is 15.7. The predicted octanol–water partition coefficient (Wildman–Crippen LogP) is 0.579. The zero-order chi connectivity index (χ0) is 10.2. The standard InChI is InChI=1S/C10H20O4/c1-2-3-4-13-9(5-11)6-12-7-10-8-14-10/h9-11H,2-8H2,1H3. The Bertz CT molecular complexity index is 136. The third-order valence-corrected chi connectivity index (χ3v) is 2.06. The van der Waals surface area contributed by atoms with Crippen LogP contribution in [0.2, 0.25) is 0 Å². The Kier molecular flexibility index (Phi) is 6.10. The Morgan fingerprint density at radius 2 is 2.36 bits per heavy atom. The Morgan fingerprint density at radius 3 is 2.93 bits per heavy atom. The molecule has 1 aliphatic heterocycles. The van der Waals surface area contributed by atoms with Gasteiger partial charge in [0.25, 0.3) is 0 Å². The molecule has 0 amide bonds. The van der Waals surface area contributed by atoms with Crippen molar-refractivity contribution in [1.82, 2.24) is 0 Å². The molecule has 4 nitrogen and oxygen atoms in total. The number of unbranched alkanes of at least 4 members (excludes halogenated alkanes) is 1. The van der Waals surface area contributed by atoms with E-state index in [2.05, 4.69) is 6.92 Å².